The van der Waals surface area contributed by atoms with Crippen LogP contribution in [-0.4, -0.2) is 17.0 Å². The number of benzene rings is 1. The molecule has 98 valence electrons. The Balaban J connectivity index is 2.05. The van der Waals surface area contributed by atoms with E-state index in [1.165, 1.54) is 18.3 Å². The van der Waals surface area contributed by atoms with Gasteiger partial charge in [-0.25, -0.2) is 4.98 Å². The predicted octanol–water partition coefficient (Wildman–Crippen LogP) is 2.61. The summed E-state index contributed by atoms with van der Waals surface area (Å²) in [5.41, 5.74) is 1.02. The molecule has 1 aromatic carbocycles. The Labute approximate surface area is 110 Å². The molecule has 2 aromatic rings. The molecule has 6 nitrogen and oxygen atoms in total. The molecule has 0 aliphatic carbocycles. The normalized spacial score (nSPS) is 9.95. The zero-order valence-electron chi connectivity index (χ0n) is 10.4. The van der Waals surface area contributed by atoms with E-state index in [1.54, 1.807) is 7.11 Å². The predicted molar refractivity (Wildman–Crippen MR) is 71.2 cm³/mol. The molecule has 0 aliphatic rings. The number of nitrogens with zero attached hydrogens (tertiary/aromatic N) is 2. The third-order valence-corrected chi connectivity index (χ3v) is 2.56. The van der Waals surface area contributed by atoms with Crippen LogP contribution in [0.5, 0.6) is 5.75 Å². The van der Waals surface area contributed by atoms with E-state index in [4.69, 9.17) is 4.74 Å². The van der Waals surface area contributed by atoms with E-state index in [0.717, 1.165) is 11.3 Å². The first-order valence-electron chi connectivity index (χ1n) is 5.66. The Morgan fingerprint density at radius 3 is 2.95 bits per heavy atom. The zero-order chi connectivity index (χ0) is 13.7. The van der Waals surface area contributed by atoms with Crippen LogP contribution in [0.1, 0.15) is 5.56 Å². The maximum Gasteiger partial charge on any atom is 0.274 e. The fourth-order valence-electron chi connectivity index (χ4n) is 1.60. The van der Waals surface area contributed by atoms with Crippen LogP contribution in [0.4, 0.5) is 11.5 Å². The number of methoxy groups -OCH3 is 1. The van der Waals surface area contributed by atoms with Crippen LogP contribution in [0.3, 0.4) is 0 Å². The van der Waals surface area contributed by atoms with Gasteiger partial charge in [-0.1, -0.05) is 12.1 Å². The van der Waals surface area contributed by atoms with Gasteiger partial charge < -0.3 is 10.1 Å². The summed E-state index contributed by atoms with van der Waals surface area (Å²) in [6, 6.07) is 10.3. The summed E-state index contributed by atoms with van der Waals surface area (Å²) in [5.74, 6) is 1.24. The molecule has 6 heteroatoms. The minimum absolute atomic E-state index is 0.0168. The molecule has 19 heavy (non-hydrogen) atoms. The van der Waals surface area contributed by atoms with Crippen molar-refractivity contribution in [2.75, 3.05) is 12.4 Å². The highest BCUT2D eigenvalue weighted by Crippen LogP contribution is 2.16. The molecule has 0 saturated heterocycles. The maximum absolute atomic E-state index is 10.6. The van der Waals surface area contributed by atoms with E-state index in [1.807, 2.05) is 24.3 Å². The van der Waals surface area contributed by atoms with Gasteiger partial charge in [-0.15, -0.1) is 0 Å². The molecule has 0 spiro atoms. The van der Waals surface area contributed by atoms with Gasteiger partial charge in [0.1, 0.15) is 11.6 Å². The first-order valence-corrected chi connectivity index (χ1v) is 5.66. The second-order valence-electron chi connectivity index (χ2n) is 3.86. The lowest BCUT2D eigenvalue weighted by Crippen LogP contribution is -2.02. The second kappa shape index (κ2) is 5.81. The minimum atomic E-state index is -0.446. The maximum atomic E-state index is 10.6. The monoisotopic (exact) mass is 259 g/mol. The molecule has 0 amide bonds. The average Bonchev–Trinajstić information content (AvgIpc) is 2.45. The third kappa shape index (κ3) is 3.41. The lowest BCUT2D eigenvalue weighted by molar-refractivity contribution is -0.384. The van der Waals surface area contributed by atoms with E-state index in [-0.39, 0.29) is 5.69 Å². The van der Waals surface area contributed by atoms with Crippen LogP contribution in [0.25, 0.3) is 0 Å². The van der Waals surface area contributed by atoms with Crippen molar-refractivity contribution in [3.63, 3.8) is 0 Å². The molecule has 0 atom stereocenters. The van der Waals surface area contributed by atoms with Crippen molar-refractivity contribution >= 4 is 11.5 Å². The van der Waals surface area contributed by atoms with E-state index >= 15 is 0 Å². The van der Waals surface area contributed by atoms with Gasteiger partial charge in [0, 0.05) is 18.8 Å². The van der Waals surface area contributed by atoms with Gasteiger partial charge in [0.25, 0.3) is 5.69 Å². The summed E-state index contributed by atoms with van der Waals surface area (Å²) >= 11 is 0. The summed E-state index contributed by atoms with van der Waals surface area (Å²) in [5, 5.41) is 13.7. The van der Waals surface area contributed by atoms with Crippen LogP contribution < -0.4 is 10.1 Å². The number of rotatable bonds is 5. The number of ether oxygens (including phenoxy) is 1. The molecular weight excluding hydrogens is 246 g/mol. The number of hydrogen-bond donors (Lipinski definition) is 1. The Hall–Kier alpha value is -2.63. The van der Waals surface area contributed by atoms with Crippen molar-refractivity contribution in [1.29, 1.82) is 0 Å². The number of pyridine rings is 1. The van der Waals surface area contributed by atoms with Gasteiger partial charge in [-0.2, -0.15) is 0 Å². The summed E-state index contributed by atoms with van der Waals surface area (Å²) < 4.78 is 5.12. The highest BCUT2D eigenvalue weighted by Gasteiger charge is 2.06. The van der Waals surface area contributed by atoms with Gasteiger partial charge >= 0.3 is 0 Å². The van der Waals surface area contributed by atoms with Crippen molar-refractivity contribution in [3.05, 3.63) is 58.3 Å². The fraction of sp³-hybridized carbons (Fsp3) is 0.154. The van der Waals surface area contributed by atoms with Crippen molar-refractivity contribution < 1.29 is 9.66 Å². The fourth-order valence-corrected chi connectivity index (χ4v) is 1.60. The average molecular weight is 259 g/mol. The molecule has 1 N–H and O–H groups in total. The standard InChI is InChI=1S/C13H13N3O3/c1-19-12-4-2-3-10(7-12)9-15-13-8-11(16(17)18)5-6-14-13/h2-8H,9H2,1H3,(H,14,15). The number of anilines is 1. The Morgan fingerprint density at radius 2 is 2.21 bits per heavy atom. The van der Waals surface area contributed by atoms with Crippen molar-refractivity contribution in [2.24, 2.45) is 0 Å². The largest absolute Gasteiger partial charge is 0.497 e. The lowest BCUT2D eigenvalue weighted by atomic mass is 10.2. The van der Waals surface area contributed by atoms with Crippen LogP contribution in [0.2, 0.25) is 0 Å². The molecule has 0 unspecified atom stereocenters. The van der Waals surface area contributed by atoms with E-state index < -0.39 is 4.92 Å². The number of hydrogen-bond acceptors (Lipinski definition) is 5. The molecule has 0 aliphatic heterocycles. The smallest absolute Gasteiger partial charge is 0.274 e. The molecule has 2 rings (SSSR count). The topological polar surface area (TPSA) is 77.3 Å². The van der Waals surface area contributed by atoms with Crippen LogP contribution >= 0.6 is 0 Å². The van der Waals surface area contributed by atoms with Gasteiger partial charge in [0.05, 0.1) is 18.1 Å². The minimum Gasteiger partial charge on any atom is -0.497 e. The third-order valence-electron chi connectivity index (χ3n) is 2.56. The lowest BCUT2D eigenvalue weighted by Gasteiger charge is -2.07. The first kappa shape index (κ1) is 12.8. The number of nitro groups is 1. The Kier molecular flexibility index (Phi) is 3.92. The van der Waals surface area contributed by atoms with E-state index in [0.29, 0.717) is 12.4 Å². The van der Waals surface area contributed by atoms with Gasteiger partial charge in [-0.05, 0) is 17.7 Å². The van der Waals surface area contributed by atoms with Crippen molar-refractivity contribution in [3.8, 4) is 5.75 Å². The molecule has 0 bridgehead atoms. The van der Waals surface area contributed by atoms with Crippen molar-refractivity contribution in [1.82, 2.24) is 4.98 Å². The Morgan fingerprint density at radius 1 is 1.37 bits per heavy atom. The summed E-state index contributed by atoms with van der Waals surface area (Å²) in [7, 11) is 1.61. The molecular formula is C13H13N3O3. The van der Waals surface area contributed by atoms with Crippen molar-refractivity contribution in [2.45, 2.75) is 6.54 Å². The number of nitrogens with one attached hydrogen (secondary N) is 1. The SMILES string of the molecule is COc1cccc(CNc2cc([N+](=O)[O-])ccn2)c1. The summed E-state index contributed by atoms with van der Waals surface area (Å²) in [6.07, 6.45) is 1.41. The molecule has 0 radical (unpaired) electrons. The first-order chi connectivity index (χ1) is 9.19. The molecule has 1 heterocycles. The second-order valence-corrected chi connectivity index (χ2v) is 3.86. The molecule has 1 aromatic heterocycles. The number of aromatic nitrogens is 1. The van der Waals surface area contributed by atoms with Gasteiger partial charge in [-0.3, -0.25) is 10.1 Å². The molecule has 0 fully saturated rings. The van der Waals surface area contributed by atoms with E-state index in [9.17, 15) is 10.1 Å². The quantitative estimate of drug-likeness (QED) is 0.659. The summed E-state index contributed by atoms with van der Waals surface area (Å²) in [6.45, 7) is 0.519. The van der Waals surface area contributed by atoms with E-state index in [2.05, 4.69) is 10.3 Å². The van der Waals surface area contributed by atoms with Crippen LogP contribution in [0.15, 0.2) is 42.6 Å². The van der Waals surface area contributed by atoms with Crippen LogP contribution in [0, 0.1) is 10.1 Å². The Bertz CT molecular complexity index is 587. The van der Waals surface area contributed by atoms with Gasteiger partial charge in [0.15, 0.2) is 0 Å². The highest BCUT2D eigenvalue weighted by molar-refractivity contribution is 5.45. The van der Waals surface area contributed by atoms with Gasteiger partial charge in [0.2, 0.25) is 0 Å². The highest BCUT2D eigenvalue weighted by atomic mass is 16.6. The molecule has 0 saturated carbocycles. The zero-order valence-corrected chi connectivity index (χ0v) is 10.4. The summed E-state index contributed by atoms with van der Waals surface area (Å²) in [4.78, 5) is 14.2. The van der Waals surface area contributed by atoms with Crippen LogP contribution in [-0.2, 0) is 6.54 Å².